The number of ether oxygens (including phenoxy) is 1. The molecule has 2 aromatic rings. The van der Waals surface area contributed by atoms with Crippen molar-refractivity contribution in [3.63, 3.8) is 0 Å². The predicted molar refractivity (Wildman–Crippen MR) is 101 cm³/mol. The van der Waals surface area contributed by atoms with Gasteiger partial charge in [-0.2, -0.15) is 0 Å². The molecule has 1 saturated carbocycles. The minimum Gasteiger partial charge on any atom is -0.457 e. The van der Waals surface area contributed by atoms with E-state index < -0.39 is 0 Å². The monoisotopic (exact) mass is 362 g/mol. The third kappa shape index (κ3) is 4.03. The summed E-state index contributed by atoms with van der Waals surface area (Å²) in [5.41, 5.74) is 3.05. The van der Waals surface area contributed by atoms with Gasteiger partial charge in [-0.1, -0.05) is 23.2 Å². The van der Waals surface area contributed by atoms with E-state index in [1.807, 2.05) is 32.3 Å². The van der Waals surface area contributed by atoms with E-state index in [1.165, 1.54) is 12.8 Å². The topological polar surface area (TPSA) is 24.8 Å². The van der Waals surface area contributed by atoms with Crippen molar-refractivity contribution in [2.75, 3.05) is 7.05 Å². The number of halogens is 2. The molecule has 0 saturated heterocycles. The number of hydrogen-bond acceptors (Lipinski definition) is 2. The summed E-state index contributed by atoms with van der Waals surface area (Å²) in [5.74, 6) is 1.46. The van der Waals surface area contributed by atoms with Crippen LogP contribution in [0.25, 0.3) is 0 Å². The van der Waals surface area contributed by atoms with Crippen molar-refractivity contribution in [3.8, 4) is 11.5 Å². The second-order valence-electron chi connectivity index (χ2n) is 6.22. The Morgan fingerprint density at radius 2 is 1.83 bits per heavy atom. The Kier molecular flexibility index (Phi) is 5.02. The second kappa shape index (κ2) is 7.04. The van der Waals surface area contributed by atoms with E-state index >= 15 is 0 Å². The highest BCUT2D eigenvalue weighted by Gasteiger charge is 2.24. The lowest BCUT2D eigenvalue weighted by Gasteiger charge is -2.13. The maximum atomic E-state index is 6.04. The minimum atomic E-state index is 0.480. The standard InChI is InChI=1S/C19H20Cl2N2O/c1-12-9-19(24-15-6-7-16(20)17(21)10-15)13(2)8-18(12)22-11-23(3)14-4-5-14/h6-11,14H,4-5H2,1-3H3. The molecule has 0 spiro atoms. The van der Waals surface area contributed by atoms with E-state index in [0.29, 0.717) is 21.8 Å². The molecule has 24 heavy (non-hydrogen) atoms. The summed E-state index contributed by atoms with van der Waals surface area (Å²) in [4.78, 5) is 6.78. The molecular formula is C19H20Cl2N2O. The Morgan fingerprint density at radius 3 is 2.50 bits per heavy atom. The van der Waals surface area contributed by atoms with Crippen LogP contribution in [0.4, 0.5) is 5.69 Å². The van der Waals surface area contributed by atoms with E-state index in [4.69, 9.17) is 27.9 Å². The molecule has 0 aromatic heterocycles. The van der Waals surface area contributed by atoms with Gasteiger partial charge in [0.1, 0.15) is 11.5 Å². The van der Waals surface area contributed by atoms with Crippen LogP contribution in [-0.2, 0) is 0 Å². The average molecular weight is 363 g/mol. The average Bonchev–Trinajstić information content (AvgIpc) is 3.37. The van der Waals surface area contributed by atoms with Gasteiger partial charge < -0.3 is 9.64 Å². The van der Waals surface area contributed by atoms with Crippen LogP contribution in [0, 0.1) is 13.8 Å². The van der Waals surface area contributed by atoms with Crippen molar-refractivity contribution >= 4 is 35.2 Å². The van der Waals surface area contributed by atoms with Gasteiger partial charge in [0.2, 0.25) is 0 Å². The molecule has 126 valence electrons. The fourth-order valence-electron chi connectivity index (χ4n) is 2.42. The summed E-state index contributed by atoms with van der Waals surface area (Å²) >= 11 is 12.0. The van der Waals surface area contributed by atoms with Gasteiger partial charge in [0.25, 0.3) is 0 Å². The highest BCUT2D eigenvalue weighted by atomic mass is 35.5. The van der Waals surface area contributed by atoms with Gasteiger partial charge in [-0.3, -0.25) is 0 Å². The fraction of sp³-hybridized carbons (Fsp3) is 0.316. The molecule has 0 amide bonds. The first-order valence-electron chi connectivity index (χ1n) is 7.94. The van der Waals surface area contributed by atoms with E-state index in [0.717, 1.165) is 22.6 Å². The van der Waals surface area contributed by atoms with Crippen LogP contribution in [0.3, 0.4) is 0 Å². The normalized spacial score (nSPS) is 14.2. The summed E-state index contributed by atoms with van der Waals surface area (Å²) in [7, 11) is 2.07. The molecule has 5 heteroatoms. The molecule has 1 aliphatic rings. The first-order valence-corrected chi connectivity index (χ1v) is 8.70. The van der Waals surface area contributed by atoms with Crippen LogP contribution >= 0.6 is 23.2 Å². The molecule has 2 aromatic carbocycles. The molecule has 0 bridgehead atoms. The van der Waals surface area contributed by atoms with Crippen molar-refractivity contribution in [2.24, 2.45) is 4.99 Å². The quantitative estimate of drug-likeness (QED) is 0.470. The molecule has 3 rings (SSSR count). The lowest BCUT2D eigenvalue weighted by atomic mass is 10.1. The van der Waals surface area contributed by atoms with Gasteiger partial charge in [-0.15, -0.1) is 0 Å². The van der Waals surface area contributed by atoms with Crippen LogP contribution < -0.4 is 4.74 Å². The molecule has 0 unspecified atom stereocenters. The molecule has 0 heterocycles. The first kappa shape index (κ1) is 17.1. The molecule has 0 N–H and O–H groups in total. The molecule has 0 aliphatic heterocycles. The lowest BCUT2D eigenvalue weighted by Crippen LogP contribution is -2.17. The zero-order valence-electron chi connectivity index (χ0n) is 14.0. The van der Waals surface area contributed by atoms with Crippen LogP contribution in [0.5, 0.6) is 11.5 Å². The van der Waals surface area contributed by atoms with E-state index in [-0.39, 0.29) is 0 Å². The zero-order chi connectivity index (χ0) is 17.3. The number of benzene rings is 2. The first-order chi connectivity index (χ1) is 11.4. The largest absolute Gasteiger partial charge is 0.457 e. The van der Waals surface area contributed by atoms with Crippen molar-refractivity contribution in [3.05, 3.63) is 51.5 Å². The minimum absolute atomic E-state index is 0.480. The van der Waals surface area contributed by atoms with Gasteiger partial charge in [-0.05, 0) is 62.1 Å². The number of aryl methyl sites for hydroxylation is 2. The molecule has 1 fully saturated rings. The number of rotatable bonds is 5. The highest BCUT2D eigenvalue weighted by Crippen LogP contribution is 2.34. The Bertz CT molecular complexity index is 785. The van der Waals surface area contributed by atoms with Crippen LogP contribution in [0.1, 0.15) is 24.0 Å². The smallest absolute Gasteiger partial charge is 0.130 e. The molecule has 3 nitrogen and oxygen atoms in total. The predicted octanol–water partition coefficient (Wildman–Crippen LogP) is 6.16. The van der Waals surface area contributed by atoms with Crippen molar-refractivity contribution in [2.45, 2.75) is 32.7 Å². The van der Waals surface area contributed by atoms with Crippen LogP contribution in [0.15, 0.2) is 35.3 Å². The fourth-order valence-corrected chi connectivity index (χ4v) is 2.71. The molecule has 0 atom stereocenters. The van der Waals surface area contributed by atoms with Gasteiger partial charge in [0.05, 0.1) is 22.1 Å². The highest BCUT2D eigenvalue weighted by molar-refractivity contribution is 6.42. The molecule has 0 radical (unpaired) electrons. The van der Waals surface area contributed by atoms with Crippen LogP contribution in [-0.4, -0.2) is 24.3 Å². The third-order valence-electron chi connectivity index (χ3n) is 4.11. The summed E-state index contributed by atoms with van der Waals surface area (Å²) < 4.78 is 5.95. The van der Waals surface area contributed by atoms with Crippen molar-refractivity contribution in [1.29, 1.82) is 0 Å². The Hall–Kier alpha value is -1.71. The molecular weight excluding hydrogens is 343 g/mol. The summed E-state index contributed by atoms with van der Waals surface area (Å²) in [6.45, 7) is 4.04. The SMILES string of the molecule is Cc1cc(Oc2ccc(Cl)c(Cl)c2)c(C)cc1N=CN(C)C1CC1. The lowest BCUT2D eigenvalue weighted by molar-refractivity contribution is 0.478. The summed E-state index contributed by atoms with van der Waals surface area (Å²) in [6.07, 6.45) is 4.44. The Balaban J connectivity index is 1.79. The number of hydrogen-bond donors (Lipinski definition) is 0. The van der Waals surface area contributed by atoms with Gasteiger partial charge in [0.15, 0.2) is 0 Å². The summed E-state index contributed by atoms with van der Waals surface area (Å²) in [5, 5.41) is 0.995. The zero-order valence-corrected chi connectivity index (χ0v) is 15.5. The summed E-state index contributed by atoms with van der Waals surface area (Å²) in [6, 6.07) is 9.96. The number of aliphatic imine (C=N–C) groups is 1. The van der Waals surface area contributed by atoms with E-state index in [1.54, 1.807) is 18.2 Å². The van der Waals surface area contributed by atoms with Gasteiger partial charge in [-0.25, -0.2) is 4.99 Å². The van der Waals surface area contributed by atoms with Crippen LogP contribution in [0.2, 0.25) is 10.0 Å². The molecule has 1 aliphatic carbocycles. The van der Waals surface area contributed by atoms with E-state index in [9.17, 15) is 0 Å². The number of nitrogens with zero attached hydrogens (tertiary/aromatic N) is 2. The Morgan fingerprint density at radius 1 is 1.08 bits per heavy atom. The Labute approximate surface area is 152 Å². The van der Waals surface area contributed by atoms with Gasteiger partial charge in [0, 0.05) is 19.2 Å². The van der Waals surface area contributed by atoms with Crippen molar-refractivity contribution in [1.82, 2.24) is 4.90 Å². The second-order valence-corrected chi connectivity index (χ2v) is 7.04. The third-order valence-corrected chi connectivity index (χ3v) is 4.85. The maximum absolute atomic E-state index is 6.04. The van der Waals surface area contributed by atoms with E-state index in [2.05, 4.69) is 16.9 Å². The van der Waals surface area contributed by atoms with Crippen molar-refractivity contribution < 1.29 is 4.74 Å². The van der Waals surface area contributed by atoms with Gasteiger partial charge >= 0.3 is 0 Å². The maximum Gasteiger partial charge on any atom is 0.130 e.